The largest absolute Gasteiger partial charge is 0.482 e. The molecule has 7 nitrogen and oxygen atoms in total. The summed E-state index contributed by atoms with van der Waals surface area (Å²) in [5.41, 5.74) is 0.659. The number of aromatic nitrogens is 3. The van der Waals surface area contributed by atoms with Crippen molar-refractivity contribution in [2.24, 2.45) is 0 Å². The van der Waals surface area contributed by atoms with Crippen LogP contribution in [-0.4, -0.2) is 53.3 Å². The molecular weight excluding hydrogens is 401 g/mol. The molecule has 1 aliphatic heterocycles. The molecule has 2 aromatic heterocycles. The van der Waals surface area contributed by atoms with Crippen molar-refractivity contribution in [2.75, 3.05) is 38.1 Å². The van der Waals surface area contributed by atoms with Crippen LogP contribution in [0.25, 0.3) is 11.5 Å². The molecule has 146 valence electrons. The highest BCUT2D eigenvalue weighted by Gasteiger charge is 2.17. The lowest BCUT2D eigenvalue weighted by atomic mass is 10.3. The maximum absolute atomic E-state index is 6.10. The normalized spacial score (nSPS) is 15.0. The molecule has 0 saturated carbocycles. The average molecular weight is 420 g/mol. The fourth-order valence-corrected chi connectivity index (χ4v) is 3.24. The molecular formula is C19H19Cl2N5O2. The molecule has 0 unspecified atom stereocenters. The predicted octanol–water partition coefficient (Wildman–Crippen LogP) is 3.77. The summed E-state index contributed by atoms with van der Waals surface area (Å²) in [4.78, 5) is 13.6. The van der Waals surface area contributed by atoms with Crippen molar-refractivity contribution in [3.05, 3.63) is 52.3 Å². The Morgan fingerprint density at radius 2 is 1.89 bits per heavy atom. The number of hydrogen-bond acceptors (Lipinski definition) is 7. The van der Waals surface area contributed by atoms with Crippen molar-refractivity contribution in [3.63, 3.8) is 0 Å². The van der Waals surface area contributed by atoms with Gasteiger partial charge in [0, 0.05) is 37.3 Å². The molecule has 3 aromatic rings. The van der Waals surface area contributed by atoms with E-state index >= 15 is 0 Å². The van der Waals surface area contributed by atoms with Crippen LogP contribution in [0.5, 0.6) is 5.75 Å². The van der Waals surface area contributed by atoms with E-state index in [2.05, 4.69) is 27.0 Å². The lowest BCUT2D eigenvalue weighted by Gasteiger charge is -2.33. The van der Waals surface area contributed by atoms with E-state index in [1.807, 2.05) is 18.2 Å². The minimum atomic E-state index is 0.0885. The van der Waals surface area contributed by atoms with Gasteiger partial charge >= 0.3 is 0 Å². The van der Waals surface area contributed by atoms with Gasteiger partial charge in [-0.1, -0.05) is 34.4 Å². The Bertz CT molecular complexity index is 957. The van der Waals surface area contributed by atoms with Gasteiger partial charge in [-0.2, -0.15) is 4.98 Å². The molecule has 28 heavy (non-hydrogen) atoms. The van der Waals surface area contributed by atoms with E-state index < -0.39 is 0 Å². The molecule has 0 N–H and O–H groups in total. The lowest BCUT2D eigenvalue weighted by Crippen LogP contribution is -2.44. The third kappa shape index (κ3) is 4.38. The first-order chi connectivity index (χ1) is 13.6. The molecule has 1 saturated heterocycles. The Labute approximate surface area is 172 Å². The third-order valence-electron chi connectivity index (χ3n) is 4.50. The standard InChI is InChI=1S/C19H19Cl2N5O2/c1-25-7-9-26(10-8-25)17-4-2-3-15(22-17)19-23-18(28-24-19)12-27-16-11-13(20)5-6-14(16)21/h2-6,11H,7-10,12H2,1H3. The van der Waals surface area contributed by atoms with E-state index in [-0.39, 0.29) is 6.61 Å². The highest BCUT2D eigenvalue weighted by atomic mass is 35.5. The first kappa shape index (κ1) is 19.0. The van der Waals surface area contributed by atoms with Crippen LogP contribution < -0.4 is 9.64 Å². The maximum atomic E-state index is 6.10. The molecule has 1 aromatic carbocycles. The van der Waals surface area contributed by atoms with Crippen molar-refractivity contribution in [2.45, 2.75) is 6.61 Å². The summed E-state index contributed by atoms with van der Waals surface area (Å²) >= 11 is 12.1. The zero-order chi connectivity index (χ0) is 19.5. The van der Waals surface area contributed by atoms with E-state index in [1.165, 1.54) is 0 Å². The second-order valence-electron chi connectivity index (χ2n) is 6.55. The number of nitrogens with zero attached hydrogens (tertiary/aromatic N) is 5. The van der Waals surface area contributed by atoms with Crippen LogP contribution >= 0.6 is 23.2 Å². The molecule has 0 spiro atoms. The minimum absolute atomic E-state index is 0.0885. The molecule has 1 aliphatic rings. The van der Waals surface area contributed by atoms with E-state index in [0.717, 1.165) is 32.0 Å². The first-order valence-corrected chi connectivity index (χ1v) is 9.65. The summed E-state index contributed by atoms with van der Waals surface area (Å²) in [5.74, 6) is 2.13. The zero-order valence-corrected chi connectivity index (χ0v) is 16.8. The maximum Gasteiger partial charge on any atom is 0.264 e. The van der Waals surface area contributed by atoms with E-state index in [9.17, 15) is 0 Å². The molecule has 0 aliphatic carbocycles. The van der Waals surface area contributed by atoms with Crippen LogP contribution in [0.1, 0.15) is 5.89 Å². The minimum Gasteiger partial charge on any atom is -0.482 e. The SMILES string of the molecule is CN1CCN(c2cccc(-c3noc(COc4cc(Cl)ccc4Cl)n3)n2)CC1. The molecule has 9 heteroatoms. The van der Waals surface area contributed by atoms with Crippen LogP contribution in [0.2, 0.25) is 10.0 Å². The van der Waals surface area contributed by atoms with Crippen LogP contribution in [0.3, 0.4) is 0 Å². The van der Waals surface area contributed by atoms with Gasteiger partial charge in [0.1, 0.15) is 17.3 Å². The average Bonchev–Trinajstić information content (AvgIpc) is 3.18. The number of anilines is 1. The van der Waals surface area contributed by atoms with E-state index in [4.69, 9.17) is 37.4 Å². The molecule has 3 heterocycles. The number of piperazine rings is 1. The highest BCUT2D eigenvalue weighted by molar-refractivity contribution is 6.34. The monoisotopic (exact) mass is 419 g/mol. The molecule has 0 bridgehead atoms. The van der Waals surface area contributed by atoms with Crippen LogP contribution in [0, 0.1) is 0 Å². The summed E-state index contributed by atoms with van der Waals surface area (Å²) in [7, 11) is 2.13. The smallest absolute Gasteiger partial charge is 0.264 e. The summed E-state index contributed by atoms with van der Waals surface area (Å²) in [5, 5.41) is 5.02. The van der Waals surface area contributed by atoms with E-state index in [0.29, 0.717) is 33.2 Å². The first-order valence-electron chi connectivity index (χ1n) is 8.90. The Kier molecular flexibility index (Phi) is 5.66. The van der Waals surface area contributed by atoms with E-state index in [1.54, 1.807) is 18.2 Å². The highest BCUT2D eigenvalue weighted by Crippen LogP contribution is 2.28. The van der Waals surface area contributed by atoms with Gasteiger partial charge in [0.05, 0.1) is 5.02 Å². The van der Waals surface area contributed by atoms with Gasteiger partial charge in [0.15, 0.2) is 6.61 Å². The van der Waals surface area contributed by atoms with Gasteiger partial charge in [-0.05, 0) is 31.3 Å². The Balaban J connectivity index is 1.45. The number of rotatable bonds is 5. The molecule has 0 atom stereocenters. The number of hydrogen-bond donors (Lipinski definition) is 0. The van der Waals surface area contributed by atoms with Gasteiger partial charge in [0.25, 0.3) is 5.89 Å². The van der Waals surface area contributed by atoms with Gasteiger partial charge in [-0.15, -0.1) is 0 Å². The second-order valence-corrected chi connectivity index (χ2v) is 7.39. The van der Waals surface area contributed by atoms with Crippen molar-refractivity contribution in [1.29, 1.82) is 0 Å². The number of halogens is 2. The molecule has 0 radical (unpaired) electrons. The van der Waals surface area contributed by atoms with Gasteiger partial charge in [-0.25, -0.2) is 4.98 Å². The van der Waals surface area contributed by atoms with Crippen molar-refractivity contribution < 1.29 is 9.26 Å². The van der Waals surface area contributed by atoms with Crippen molar-refractivity contribution in [3.8, 4) is 17.3 Å². The molecule has 4 rings (SSSR count). The third-order valence-corrected chi connectivity index (χ3v) is 5.05. The Morgan fingerprint density at radius 1 is 1.07 bits per heavy atom. The fourth-order valence-electron chi connectivity index (χ4n) is 2.90. The predicted molar refractivity (Wildman–Crippen MR) is 108 cm³/mol. The van der Waals surface area contributed by atoms with Gasteiger partial charge in [-0.3, -0.25) is 0 Å². The zero-order valence-electron chi connectivity index (χ0n) is 15.3. The molecule has 0 amide bonds. The van der Waals surface area contributed by atoms with Crippen LogP contribution in [0.4, 0.5) is 5.82 Å². The topological polar surface area (TPSA) is 67.5 Å². The lowest BCUT2D eigenvalue weighted by molar-refractivity contribution is 0.243. The summed E-state index contributed by atoms with van der Waals surface area (Å²) in [6.45, 7) is 4.01. The summed E-state index contributed by atoms with van der Waals surface area (Å²) in [6.07, 6.45) is 0. The van der Waals surface area contributed by atoms with Gasteiger partial charge in [0.2, 0.25) is 5.82 Å². The van der Waals surface area contributed by atoms with Crippen molar-refractivity contribution in [1.82, 2.24) is 20.0 Å². The number of ether oxygens (including phenoxy) is 1. The number of benzene rings is 1. The van der Waals surface area contributed by atoms with Crippen LogP contribution in [-0.2, 0) is 6.61 Å². The number of likely N-dealkylation sites (N-methyl/N-ethyl adjacent to an activating group) is 1. The van der Waals surface area contributed by atoms with Crippen molar-refractivity contribution >= 4 is 29.0 Å². The summed E-state index contributed by atoms with van der Waals surface area (Å²) < 4.78 is 10.9. The molecule has 1 fully saturated rings. The Hall–Kier alpha value is -2.35. The second kappa shape index (κ2) is 8.34. The number of pyridine rings is 1. The fraction of sp³-hybridized carbons (Fsp3) is 0.316. The Morgan fingerprint density at radius 3 is 2.71 bits per heavy atom. The van der Waals surface area contributed by atoms with Gasteiger partial charge < -0.3 is 19.1 Å². The van der Waals surface area contributed by atoms with Crippen LogP contribution in [0.15, 0.2) is 40.9 Å². The summed E-state index contributed by atoms with van der Waals surface area (Å²) in [6, 6.07) is 10.8. The quantitative estimate of drug-likeness (QED) is 0.623.